The first-order valence-corrected chi connectivity index (χ1v) is 11.2. The van der Waals surface area contributed by atoms with Crippen LogP contribution in [0.25, 0.3) is 0 Å². The Bertz CT molecular complexity index is 991. The molecule has 8 heteroatoms. The van der Waals surface area contributed by atoms with Crippen LogP contribution in [-0.2, 0) is 30.9 Å². The molecule has 1 fully saturated rings. The lowest BCUT2D eigenvalue weighted by Gasteiger charge is -2.30. The Morgan fingerprint density at radius 2 is 1.60 bits per heavy atom. The van der Waals surface area contributed by atoms with Gasteiger partial charge in [0.05, 0.1) is 23.5 Å². The Hall–Kier alpha value is -2.71. The van der Waals surface area contributed by atoms with Crippen LogP contribution in [0.1, 0.15) is 34.3 Å². The minimum absolute atomic E-state index is 0.0994. The Labute approximate surface area is 176 Å². The van der Waals surface area contributed by atoms with Crippen LogP contribution in [0.2, 0.25) is 0 Å². The first kappa shape index (κ1) is 22.0. The number of hydrogen-bond acceptors (Lipinski definition) is 6. The van der Waals surface area contributed by atoms with E-state index in [0.29, 0.717) is 18.4 Å². The minimum Gasteiger partial charge on any atom is -0.465 e. The Morgan fingerprint density at radius 3 is 2.17 bits per heavy atom. The number of hydrogen-bond donors (Lipinski definition) is 0. The highest BCUT2D eigenvalue weighted by Crippen LogP contribution is 2.25. The lowest BCUT2D eigenvalue weighted by molar-refractivity contribution is -0.151. The largest absolute Gasteiger partial charge is 0.465 e. The van der Waals surface area contributed by atoms with Crippen molar-refractivity contribution in [1.82, 2.24) is 4.31 Å². The van der Waals surface area contributed by atoms with Crippen molar-refractivity contribution < 1.29 is 27.5 Å². The first-order chi connectivity index (χ1) is 14.3. The zero-order chi connectivity index (χ0) is 21.7. The van der Waals surface area contributed by atoms with E-state index in [-0.39, 0.29) is 36.5 Å². The summed E-state index contributed by atoms with van der Waals surface area (Å²) in [7, 11) is -2.24. The number of piperidine rings is 1. The maximum Gasteiger partial charge on any atom is 0.337 e. The van der Waals surface area contributed by atoms with Crippen molar-refractivity contribution >= 4 is 22.0 Å². The quantitative estimate of drug-likeness (QED) is 0.654. The van der Waals surface area contributed by atoms with Crippen molar-refractivity contribution in [3.8, 4) is 0 Å². The van der Waals surface area contributed by atoms with Gasteiger partial charge in [-0.3, -0.25) is 4.79 Å². The maximum absolute atomic E-state index is 12.8. The third-order valence-electron chi connectivity index (χ3n) is 5.20. The maximum atomic E-state index is 12.8. The second kappa shape index (κ2) is 9.40. The summed E-state index contributed by atoms with van der Waals surface area (Å²) in [5.41, 5.74) is 2.18. The van der Waals surface area contributed by atoms with Crippen molar-refractivity contribution in [3.63, 3.8) is 0 Å². The fourth-order valence-corrected chi connectivity index (χ4v) is 4.79. The summed E-state index contributed by atoms with van der Waals surface area (Å²) in [4.78, 5) is 24.1. The van der Waals surface area contributed by atoms with Gasteiger partial charge in [0.1, 0.15) is 6.61 Å². The molecule has 0 N–H and O–H groups in total. The van der Waals surface area contributed by atoms with Gasteiger partial charge in [-0.15, -0.1) is 0 Å². The number of esters is 2. The summed E-state index contributed by atoms with van der Waals surface area (Å²) < 4.78 is 37.0. The second-order valence-corrected chi connectivity index (χ2v) is 9.23. The third kappa shape index (κ3) is 5.06. The van der Waals surface area contributed by atoms with Gasteiger partial charge in [-0.1, -0.05) is 29.8 Å². The fourth-order valence-electron chi connectivity index (χ4n) is 3.32. The van der Waals surface area contributed by atoms with Gasteiger partial charge in [0.2, 0.25) is 10.0 Å². The van der Waals surface area contributed by atoms with Gasteiger partial charge < -0.3 is 9.47 Å². The standard InChI is InChI=1S/C22H25NO6S/c1-16-3-9-20(10-4-16)30(26,27)23-13-11-19(12-14-23)22(25)29-15-17-5-7-18(8-6-17)21(24)28-2/h3-10,19H,11-15H2,1-2H3. The van der Waals surface area contributed by atoms with Crippen LogP contribution in [0.4, 0.5) is 0 Å². The summed E-state index contributed by atoms with van der Waals surface area (Å²) in [5, 5.41) is 0. The lowest BCUT2D eigenvalue weighted by Crippen LogP contribution is -2.40. The number of benzene rings is 2. The average molecular weight is 432 g/mol. The molecular formula is C22H25NO6S. The number of carbonyl (C=O) groups is 2. The van der Waals surface area contributed by atoms with Crippen LogP contribution in [0.3, 0.4) is 0 Å². The van der Waals surface area contributed by atoms with Gasteiger partial charge in [-0.05, 0) is 49.6 Å². The van der Waals surface area contributed by atoms with Crippen LogP contribution in [0.5, 0.6) is 0 Å². The van der Waals surface area contributed by atoms with Crippen LogP contribution in [0.15, 0.2) is 53.4 Å². The van der Waals surface area contributed by atoms with Gasteiger partial charge in [-0.2, -0.15) is 4.31 Å². The minimum atomic E-state index is -3.55. The van der Waals surface area contributed by atoms with Gasteiger partial charge in [0.15, 0.2) is 0 Å². The van der Waals surface area contributed by atoms with Crippen molar-refractivity contribution in [3.05, 3.63) is 65.2 Å². The molecule has 2 aromatic rings. The molecule has 0 radical (unpaired) electrons. The molecule has 0 atom stereocenters. The van der Waals surface area contributed by atoms with E-state index in [0.717, 1.165) is 11.1 Å². The SMILES string of the molecule is COC(=O)c1ccc(COC(=O)C2CCN(S(=O)(=O)c3ccc(C)cc3)CC2)cc1. The van der Waals surface area contributed by atoms with Crippen LogP contribution in [-0.4, -0.2) is 44.9 Å². The predicted octanol–water partition coefficient (Wildman–Crippen LogP) is 2.93. The molecule has 0 bridgehead atoms. The topological polar surface area (TPSA) is 90.0 Å². The first-order valence-electron chi connectivity index (χ1n) is 9.72. The van der Waals surface area contributed by atoms with Crippen molar-refractivity contribution in [2.24, 2.45) is 5.92 Å². The lowest BCUT2D eigenvalue weighted by atomic mass is 9.98. The molecule has 0 saturated carbocycles. The molecule has 1 aliphatic rings. The number of rotatable bonds is 6. The molecule has 1 aliphatic heterocycles. The Kier molecular flexibility index (Phi) is 6.89. The molecule has 0 aliphatic carbocycles. The summed E-state index contributed by atoms with van der Waals surface area (Å²) in [5.74, 6) is -1.09. The van der Waals surface area contributed by atoms with E-state index in [1.54, 1.807) is 48.5 Å². The average Bonchev–Trinajstić information content (AvgIpc) is 2.77. The van der Waals surface area contributed by atoms with E-state index in [2.05, 4.69) is 4.74 Å². The van der Waals surface area contributed by atoms with E-state index < -0.39 is 16.0 Å². The highest BCUT2D eigenvalue weighted by Gasteiger charge is 2.32. The monoisotopic (exact) mass is 431 g/mol. The molecule has 0 amide bonds. The molecule has 1 saturated heterocycles. The predicted molar refractivity (Wildman–Crippen MR) is 110 cm³/mol. The summed E-state index contributed by atoms with van der Waals surface area (Å²) in [6.45, 7) is 2.57. The summed E-state index contributed by atoms with van der Waals surface area (Å²) in [6.07, 6.45) is 0.844. The summed E-state index contributed by atoms with van der Waals surface area (Å²) in [6, 6.07) is 13.4. The molecule has 1 heterocycles. The van der Waals surface area contributed by atoms with E-state index in [9.17, 15) is 18.0 Å². The van der Waals surface area contributed by atoms with Crippen LogP contribution in [0, 0.1) is 12.8 Å². The van der Waals surface area contributed by atoms with Gasteiger partial charge in [-0.25, -0.2) is 13.2 Å². The highest BCUT2D eigenvalue weighted by molar-refractivity contribution is 7.89. The zero-order valence-corrected chi connectivity index (χ0v) is 17.9. The molecular weight excluding hydrogens is 406 g/mol. The third-order valence-corrected chi connectivity index (χ3v) is 7.12. The molecule has 30 heavy (non-hydrogen) atoms. The Balaban J connectivity index is 1.51. The second-order valence-electron chi connectivity index (χ2n) is 7.29. The van der Waals surface area contributed by atoms with Crippen molar-refractivity contribution in [2.45, 2.75) is 31.3 Å². The molecule has 2 aromatic carbocycles. The number of sulfonamides is 1. The number of aryl methyl sites for hydroxylation is 1. The molecule has 3 rings (SSSR count). The summed E-state index contributed by atoms with van der Waals surface area (Å²) >= 11 is 0. The Morgan fingerprint density at radius 1 is 1.00 bits per heavy atom. The van der Waals surface area contributed by atoms with Crippen molar-refractivity contribution in [1.29, 1.82) is 0 Å². The van der Waals surface area contributed by atoms with E-state index >= 15 is 0 Å². The van der Waals surface area contributed by atoms with Gasteiger partial charge in [0.25, 0.3) is 0 Å². The zero-order valence-electron chi connectivity index (χ0n) is 17.0. The van der Waals surface area contributed by atoms with Crippen molar-refractivity contribution in [2.75, 3.05) is 20.2 Å². The molecule has 160 valence electrons. The van der Waals surface area contributed by atoms with E-state index in [1.807, 2.05) is 6.92 Å². The molecule has 0 spiro atoms. The molecule has 7 nitrogen and oxygen atoms in total. The number of nitrogens with zero attached hydrogens (tertiary/aromatic N) is 1. The van der Waals surface area contributed by atoms with Crippen LogP contribution < -0.4 is 0 Å². The highest BCUT2D eigenvalue weighted by atomic mass is 32.2. The smallest absolute Gasteiger partial charge is 0.337 e. The van der Waals surface area contributed by atoms with E-state index in [4.69, 9.17) is 4.74 Å². The van der Waals surface area contributed by atoms with Crippen LogP contribution >= 0.6 is 0 Å². The molecule has 0 unspecified atom stereocenters. The number of methoxy groups -OCH3 is 1. The van der Waals surface area contributed by atoms with Gasteiger partial charge >= 0.3 is 11.9 Å². The normalized spacial score (nSPS) is 15.5. The fraction of sp³-hybridized carbons (Fsp3) is 0.364. The van der Waals surface area contributed by atoms with E-state index in [1.165, 1.54) is 11.4 Å². The molecule has 0 aromatic heterocycles. The van der Waals surface area contributed by atoms with Gasteiger partial charge in [0, 0.05) is 13.1 Å². The number of ether oxygens (including phenoxy) is 2. The number of carbonyl (C=O) groups excluding carboxylic acids is 2.